The number of hydrogen-bond donors (Lipinski definition) is 2. The molecule has 2 N–H and O–H groups in total. The number of nitrogens with one attached hydrogen (secondary N) is 2. The summed E-state index contributed by atoms with van der Waals surface area (Å²) in [5, 5.41) is 7.19. The third kappa shape index (κ3) is 8.27. The normalized spacial score (nSPS) is 10.8. The van der Waals surface area contributed by atoms with Gasteiger partial charge in [0.05, 0.1) is 37.1 Å². The van der Waals surface area contributed by atoms with Crippen LogP contribution in [0.5, 0.6) is 11.5 Å². The summed E-state index contributed by atoms with van der Waals surface area (Å²) in [5.41, 5.74) is 2.84. The van der Waals surface area contributed by atoms with Crippen LogP contribution in [0.2, 0.25) is 0 Å². The van der Waals surface area contributed by atoms with E-state index in [-0.39, 0.29) is 23.3 Å². The van der Waals surface area contributed by atoms with Gasteiger partial charge in [0.25, 0.3) is 0 Å². The van der Waals surface area contributed by atoms with Crippen LogP contribution in [0.4, 0.5) is 11.4 Å². The predicted octanol–water partition coefficient (Wildman–Crippen LogP) is 5.98. The van der Waals surface area contributed by atoms with Crippen LogP contribution < -0.4 is 20.1 Å². The zero-order valence-electron chi connectivity index (χ0n) is 21.7. The molecule has 2 amide bonds. The summed E-state index contributed by atoms with van der Waals surface area (Å²) in [5.74, 6) is 1.10. The Kier molecular flexibility index (Phi) is 11.4. The van der Waals surface area contributed by atoms with Crippen LogP contribution >= 0.6 is 70.1 Å². The van der Waals surface area contributed by atoms with Gasteiger partial charge in [0.15, 0.2) is 8.68 Å². The van der Waals surface area contributed by atoms with Gasteiger partial charge in [-0.15, -0.1) is 0 Å². The molecule has 0 spiro atoms. The van der Waals surface area contributed by atoms with Crippen molar-refractivity contribution in [3.8, 4) is 22.6 Å². The molecule has 0 aliphatic rings. The van der Waals surface area contributed by atoms with E-state index in [1.54, 1.807) is 26.4 Å². The lowest BCUT2D eigenvalue weighted by Crippen LogP contribution is -2.15. The highest BCUT2D eigenvalue weighted by Gasteiger charge is 2.15. The van der Waals surface area contributed by atoms with E-state index in [9.17, 15) is 9.59 Å². The summed E-state index contributed by atoms with van der Waals surface area (Å²) in [6.07, 6.45) is 3.82. The minimum Gasteiger partial charge on any atom is -0.495 e. The second kappa shape index (κ2) is 14.9. The number of anilines is 2. The van der Waals surface area contributed by atoms with E-state index >= 15 is 0 Å². The maximum atomic E-state index is 12.5. The molecule has 10 nitrogen and oxygen atoms in total. The third-order valence-corrected chi connectivity index (χ3v) is 10.1. The molecule has 0 fully saturated rings. The summed E-state index contributed by atoms with van der Waals surface area (Å²) in [7, 11) is 3.10. The summed E-state index contributed by atoms with van der Waals surface area (Å²) < 4.78 is 21.0. The van der Waals surface area contributed by atoms with Crippen molar-refractivity contribution in [3.63, 3.8) is 0 Å². The molecule has 0 aliphatic heterocycles. The smallest absolute Gasteiger partial charge is 0.234 e. The van der Waals surface area contributed by atoms with Crippen molar-refractivity contribution in [2.75, 3.05) is 48.9 Å². The maximum absolute atomic E-state index is 12.5. The zero-order chi connectivity index (χ0) is 28.5. The first-order valence-electron chi connectivity index (χ1n) is 11.4. The summed E-state index contributed by atoms with van der Waals surface area (Å²) >= 11 is 8.16. The highest BCUT2D eigenvalue weighted by molar-refractivity contribution is 8.02. The standard InChI is InChI=1S/C24H24N6O4S6/c1-33-17-9-13(5-7-15(17)25-19(31)11-37-23-27-21(35-3)29-39-23)14-6-8-16(18(10-14)34-2)26-20(32)12-38-24-28-22(36-4)30-40-24/h5-10H,11-12H2,1-4H3,(H,25,31)(H,26,32). The van der Waals surface area contributed by atoms with Crippen molar-refractivity contribution in [3.05, 3.63) is 36.4 Å². The molecule has 4 rings (SSSR count). The van der Waals surface area contributed by atoms with Crippen LogP contribution in [0.25, 0.3) is 11.1 Å². The second-order valence-corrected chi connectivity index (χ2v) is 13.1. The summed E-state index contributed by atoms with van der Waals surface area (Å²) in [6.45, 7) is 0. The van der Waals surface area contributed by atoms with Crippen LogP contribution in [0, 0.1) is 0 Å². The monoisotopic (exact) mass is 652 g/mol. The molecule has 0 bridgehead atoms. The number of ether oxygens (including phenoxy) is 2. The molecule has 0 unspecified atom stereocenters. The fourth-order valence-electron chi connectivity index (χ4n) is 3.25. The van der Waals surface area contributed by atoms with Gasteiger partial charge >= 0.3 is 0 Å². The summed E-state index contributed by atoms with van der Waals surface area (Å²) in [6, 6.07) is 11.0. The van der Waals surface area contributed by atoms with Crippen molar-refractivity contribution in [1.82, 2.24) is 18.7 Å². The number of amides is 2. The average molecular weight is 653 g/mol. The molecule has 0 atom stereocenters. The number of thioether (sulfide) groups is 4. The largest absolute Gasteiger partial charge is 0.495 e. The number of benzene rings is 2. The quantitative estimate of drug-likeness (QED) is 0.165. The molecule has 2 aromatic carbocycles. The van der Waals surface area contributed by atoms with E-state index in [2.05, 4.69) is 29.3 Å². The molecule has 4 aromatic rings. The Morgan fingerprint density at radius 2 is 1.18 bits per heavy atom. The fourth-order valence-corrected chi connectivity index (χ4v) is 7.27. The fraction of sp³-hybridized carbons (Fsp3) is 0.250. The Morgan fingerprint density at radius 1 is 0.750 bits per heavy atom. The number of carbonyl (C=O) groups excluding carboxylic acids is 2. The maximum Gasteiger partial charge on any atom is 0.234 e. The van der Waals surface area contributed by atoms with Crippen molar-refractivity contribution in [2.24, 2.45) is 0 Å². The van der Waals surface area contributed by atoms with Crippen LogP contribution in [0.1, 0.15) is 0 Å². The van der Waals surface area contributed by atoms with Gasteiger partial charge in [0.2, 0.25) is 22.1 Å². The number of aromatic nitrogens is 4. The number of nitrogens with zero attached hydrogens (tertiary/aromatic N) is 4. The molecule has 40 heavy (non-hydrogen) atoms. The van der Waals surface area contributed by atoms with Gasteiger partial charge in [-0.1, -0.05) is 59.2 Å². The molecule has 0 saturated carbocycles. The van der Waals surface area contributed by atoms with Crippen LogP contribution in [-0.2, 0) is 9.59 Å². The van der Waals surface area contributed by atoms with Crippen molar-refractivity contribution < 1.29 is 19.1 Å². The SMILES string of the molecule is COc1cc(-c2ccc(NC(=O)CSc3nc(SC)ns3)c(OC)c2)ccc1NC(=O)CSc1nc(SC)ns1. The van der Waals surface area contributed by atoms with Crippen LogP contribution in [0.3, 0.4) is 0 Å². The van der Waals surface area contributed by atoms with Crippen LogP contribution in [0.15, 0.2) is 55.4 Å². The number of carbonyl (C=O) groups is 2. The lowest BCUT2D eigenvalue weighted by Gasteiger charge is -2.14. The van der Waals surface area contributed by atoms with Gasteiger partial charge in [0.1, 0.15) is 11.5 Å². The Hall–Kier alpha value is -2.50. The average Bonchev–Trinajstić information content (AvgIpc) is 3.65. The van der Waals surface area contributed by atoms with Gasteiger partial charge in [-0.2, -0.15) is 8.75 Å². The molecule has 210 valence electrons. The molecule has 2 aromatic heterocycles. The zero-order valence-corrected chi connectivity index (χ0v) is 26.6. The molecule has 0 radical (unpaired) electrons. The van der Waals surface area contributed by atoms with E-state index in [4.69, 9.17) is 9.47 Å². The second-order valence-electron chi connectivity index (χ2n) is 7.60. The first kappa shape index (κ1) is 30.5. The Labute approximate surface area is 256 Å². The van der Waals surface area contributed by atoms with Gasteiger partial charge in [-0.05, 0) is 71.0 Å². The van der Waals surface area contributed by atoms with Crippen molar-refractivity contribution in [2.45, 2.75) is 19.0 Å². The lowest BCUT2D eigenvalue weighted by molar-refractivity contribution is -0.114. The first-order chi connectivity index (χ1) is 19.4. The lowest BCUT2D eigenvalue weighted by atomic mass is 10.0. The number of methoxy groups -OCH3 is 2. The van der Waals surface area contributed by atoms with E-state index in [1.807, 2.05) is 36.8 Å². The van der Waals surface area contributed by atoms with Crippen molar-refractivity contribution >= 4 is 93.3 Å². The summed E-state index contributed by atoms with van der Waals surface area (Å²) in [4.78, 5) is 33.8. The highest BCUT2D eigenvalue weighted by Crippen LogP contribution is 2.35. The van der Waals surface area contributed by atoms with Crippen LogP contribution in [-0.4, -0.2) is 68.8 Å². The minimum absolute atomic E-state index is 0.173. The predicted molar refractivity (Wildman–Crippen MR) is 167 cm³/mol. The van der Waals surface area contributed by atoms with E-state index in [0.717, 1.165) is 19.8 Å². The molecule has 0 saturated heterocycles. The van der Waals surface area contributed by atoms with Gasteiger partial charge in [0, 0.05) is 0 Å². The van der Waals surface area contributed by atoms with E-state index in [0.29, 0.717) is 33.2 Å². The third-order valence-electron chi connectivity index (χ3n) is 5.08. The van der Waals surface area contributed by atoms with Gasteiger partial charge < -0.3 is 20.1 Å². The first-order valence-corrected chi connectivity index (χ1v) is 17.4. The van der Waals surface area contributed by atoms with Gasteiger partial charge in [-0.3, -0.25) is 9.59 Å². The topological polar surface area (TPSA) is 128 Å². The molecule has 0 aliphatic carbocycles. The Bertz CT molecular complexity index is 1370. The molecule has 16 heteroatoms. The van der Waals surface area contributed by atoms with Crippen molar-refractivity contribution in [1.29, 1.82) is 0 Å². The molecular formula is C24H24N6O4S6. The highest BCUT2D eigenvalue weighted by atomic mass is 32.2. The molecule has 2 heterocycles. The number of hydrogen-bond acceptors (Lipinski definition) is 14. The minimum atomic E-state index is -0.173. The Balaban J connectivity index is 1.39. The van der Waals surface area contributed by atoms with E-state index in [1.165, 1.54) is 70.1 Å². The molecular weight excluding hydrogens is 629 g/mol. The Morgan fingerprint density at radius 3 is 1.52 bits per heavy atom. The van der Waals surface area contributed by atoms with Gasteiger partial charge in [-0.25, -0.2) is 9.97 Å². The number of rotatable bonds is 13. The van der Waals surface area contributed by atoms with E-state index < -0.39 is 0 Å².